The van der Waals surface area contributed by atoms with Crippen molar-refractivity contribution in [3.05, 3.63) is 70.2 Å². The molecular formula is C24H24N4O2S2. The van der Waals surface area contributed by atoms with Crippen LogP contribution in [-0.4, -0.2) is 28.5 Å². The average Bonchev–Trinajstić information content (AvgIpc) is 3.24. The number of nitriles is 1. The molecule has 32 heavy (non-hydrogen) atoms. The fraction of sp³-hybridized carbons (Fsp3) is 0.250. The van der Waals surface area contributed by atoms with Gasteiger partial charge in [0, 0.05) is 17.1 Å². The van der Waals surface area contributed by atoms with E-state index in [1.807, 2.05) is 30.3 Å². The third-order valence-corrected chi connectivity index (χ3v) is 6.22. The molecule has 164 valence electrons. The third-order valence-electron chi connectivity index (χ3n) is 4.35. The van der Waals surface area contributed by atoms with Crippen molar-refractivity contribution in [2.75, 3.05) is 17.7 Å². The molecule has 6 nitrogen and oxygen atoms in total. The lowest BCUT2D eigenvalue weighted by molar-refractivity contribution is -0.112. The molecule has 0 atom stereocenters. The first-order chi connectivity index (χ1) is 15.6. The molecule has 1 amide bonds. The van der Waals surface area contributed by atoms with Gasteiger partial charge in [-0.25, -0.2) is 0 Å². The summed E-state index contributed by atoms with van der Waals surface area (Å²) >= 11 is 3.07. The summed E-state index contributed by atoms with van der Waals surface area (Å²) in [5, 5.41) is 21.3. The molecule has 0 saturated heterocycles. The highest BCUT2D eigenvalue weighted by atomic mass is 32.2. The monoisotopic (exact) mass is 464 g/mol. The van der Waals surface area contributed by atoms with Gasteiger partial charge < -0.3 is 4.74 Å². The normalized spacial score (nSPS) is 11.1. The van der Waals surface area contributed by atoms with Crippen LogP contribution in [0.5, 0.6) is 5.75 Å². The number of aromatic nitrogens is 2. The average molecular weight is 465 g/mol. The number of anilines is 1. The predicted octanol–water partition coefficient (Wildman–Crippen LogP) is 5.52. The van der Waals surface area contributed by atoms with E-state index in [-0.39, 0.29) is 5.57 Å². The van der Waals surface area contributed by atoms with Crippen LogP contribution in [0.4, 0.5) is 5.13 Å². The standard InChI is InChI=1S/C24H24N4O2S2/c1-3-4-22-27-28-24(32-22)26-23(29)19(16-25)15-18-7-9-20(10-8-18)30-13-14-31-21-11-5-17(2)6-12-21/h5-12,15H,3-4,13-14H2,1-2H3,(H,26,28,29)/b19-15-. The Morgan fingerprint density at radius 2 is 1.94 bits per heavy atom. The van der Waals surface area contributed by atoms with Gasteiger partial charge >= 0.3 is 0 Å². The molecule has 0 unspecified atom stereocenters. The van der Waals surface area contributed by atoms with Crippen molar-refractivity contribution in [1.29, 1.82) is 5.26 Å². The summed E-state index contributed by atoms with van der Waals surface area (Å²) in [7, 11) is 0. The maximum atomic E-state index is 12.4. The number of nitrogens with one attached hydrogen (secondary N) is 1. The molecule has 1 aromatic heterocycles. The van der Waals surface area contributed by atoms with Gasteiger partial charge in [0.25, 0.3) is 5.91 Å². The number of benzene rings is 2. The number of thioether (sulfide) groups is 1. The molecule has 0 fully saturated rings. The van der Waals surface area contributed by atoms with Gasteiger partial charge in [-0.15, -0.1) is 22.0 Å². The van der Waals surface area contributed by atoms with E-state index in [4.69, 9.17) is 4.74 Å². The van der Waals surface area contributed by atoms with Crippen molar-refractivity contribution in [2.45, 2.75) is 31.6 Å². The van der Waals surface area contributed by atoms with Crippen LogP contribution >= 0.6 is 23.1 Å². The molecule has 0 bridgehead atoms. The fourth-order valence-electron chi connectivity index (χ4n) is 2.71. The number of aryl methyl sites for hydroxylation is 2. The first-order valence-corrected chi connectivity index (χ1v) is 12.1. The zero-order chi connectivity index (χ0) is 22.8. The Kier molecular flexibility index (Phi) is 8.84. The zero-order valence-electron chi connectivity index (χ0n) is 18.0. The molecule has 1 N–H and O–H groups in total. The molecule has 0 aliphatic rings. The SMILES string of the molecule is CCCc1nnc(NC(=O)/C(C#N)=C\c2ccc(OCCSc3ccc(C)cc3)cc2)s1. The Bertz CT molecular complexity index is 1100. The van der Waals surface area contributed by atoms with Crippen molar-refractivity contribution >= 4 is 40.2 Å². The van der Waals surface area contributed by atoms with Crippen molar-refractivity contribution in [3.63, 3.8) is 0 Å². The highest BCUT2D eigenvalue weighted by Crippen LogP contribution is 2.20. The van der Waals surface area contributed by atoms with Crippen molar-refractivity contribution in [3.8, 4) is 11.8 Å². The van der Waals surface area contributed by atoms with Crippen molar-refractivity contribution < 1.29 is 9.53 Å². The van der Waals surface area contributed by atoms with Crippen LogP contribution in [0.1, 0.15) is 29.5 Å². The van der Waals surface area contributed by atoms with E-state index in [0.717, 1.165) is 34.9 Å². The molecule has 0 radical (unpaired) electrons. The van der Waals surface area contributed by atoms with Crippen LogP contribution in [-0.2, 0) is 11.2 Å². The number of rotatable bonds is 10. The fourth-order valence-corrected chi connectivity index (χ4v) is 4.28. The molecule has 0 saturated carbocycles. The summed E-state index contributed by atoms with van der Waals surface area (Å²) in [4.78, 5) is 13.6. The Morgan fingerprint density at radius 3 is 2.62 bits per heavy atom. The first kappa shape index (κ1) is 23.5. The van der Waals surface area contributed by atoms with Crippen LogP contribution in [0.15, 0.2) is 59.0 Å². The minimum atomic E-state index is -0.500. The highest BCUT2D eigenvalue weighted by molar-refractivity contribution is 7.99. The topological polar surface area (TPSA) is 87.9 Å². The molecule has 8 heteroatoms. The summed E-state index contributed by atoms with van der Waals surface area (Å²) in [5.74, 6) is 1.08. The lowest BCUT2D eigenvalue weighted by Crippen LogP contribution is -2.13. The van der Waals surface area contributed by atoms with Crippen LogP contribution in [0.3, 0.4) is 0 Å². The Morgan fingerprint density at radius 1 is 1.19 bits per heavy atom. The molecule has 3 aromatic rings. The van der Waals surface area contributed by atoms with Crippen molar-refractivity contribution in [2.24, 2.45) is 0 Å². The van der Waals surface area contributed by atoms with E-state index >= 15 is 0 Å². The van der Waals surface area contributed by atoms with Gasteiger partial charge in [-0.1, -0.05) is 48.1 Å². The number of hydrogen-bond acceptors (Lipinski definition) is 7. The maximum Gasteiger partial charge on any atom is 0.268 e. The Hall–Kier alpha value is -3.15. The van der Waals surface area contributed by atoms with E-state index < -0.39 is 5.91 Å². The summed E-state index contributed by atoms with van der Waals surface area (Å²) in [6.07, 6.45) is 3.31. The third kappa shape index (κ3) is 7.22. The molecular weight excluding hydrogens is 440 g/mol. The lowest BCUT2D eigenvalue weighted by atomic mass is 10.1. The van der Waals surface area contributed by atoms with E-state index in [9.17, 15) is 10.1 Å². The van der Waals surface area contributed by atoms with Gasteiger partial charge in [0.15, 0.2) is 0 Å². The molecule has 3 rings (SSSR count). The predicted molar refractivity (Wildman–Crippen MR) is 130 cm³/mol. The zero-order valence-corrected chi connectivity index (χ0v) is 19.6. The van der Waals surface area contributed by atoms with Crippen molar-refractivity contribution in [1.82, 2.24) is 10.2 Å². The number of amides is 1. The number of carbonyl (C=O) groups excluding carboxylic acids is 1. The maximum absolute atomic E-state index is 12.4. The van der Waals surface area contributed by atoms with Gasteiger partial charge in [0.2, 0.25) is 5.13 Å². The molecule has 0 aliphatic carbocycles. The summed E-state index contributed by atoms with van der Waals surface area (Å²) < 4.78 is 5.79. The van der Waals surface area contributed by atoms with E-state index in [1.54, 1.807) is 17.8 Å². The second kappa shape index (κ2) is 12.0. The second-order valence-electron chi connectivity index (χ2n) is 6.95. The summed E-state index contributed by atoms with van der Waals surface area (Å²) in [6.45, 7) is 4.71. The second-order valence-corrected chi connectivity index (χ2v) is 9.18. The van der Waals surface area contributed by atoms with Crippen LogP contribution < -0.4 is 10.1 Å². The summed E-state index contributed by atoms with van der Waals surface area (Å²) in [5.41, 5.74) is 1.99. The molecule has 1 heterocycles. The smallest absolute Gasteiger partial charge is 0.268 e. The minimum Gasteiger partial charge on any atom is -0.493 e. The number of ether oxygens (including phenoxy) is 1. The highest BCUT2D eigenvalue weighted by Gasteiger charge is 2.12. The van der Waals surface area contributed by atoms with Gasteiger partial charge in [0.1, 0.15) is 22.4 Å². The molecule has 0 aliphatic heterocycles. The van der Waals surface area contributed by atoms with Gasteiger partial charge in [-0.05, 0) is 49.2 Å². The minimum absolute atomic E-state index is 0.000378. The number of carbonyl (C=O) groups is 1. The number of hydrogen-bond donors (Lipinski definition) is 1. The quantitative estimate of drug-likeness (QED) is 0.184. The number of nitrogens with zero attached hydrogens (tertiary/aromatic N) is 3. The van der Waals surface area contributed by atoms with Gasteiger partial charge in [-0.3, -0.25) is 10.1 Å². The van der Waals surface area contributed by atoms with Crippen LogP contribution in [0.2, 0.25) is 0 Å². The Balaban J connectivity index is 1.51. The van der Waals surface area contributed by atoms with Gasteiger partial charge in [0.05, 0.1) is 6.61 Å². The molecule has 0 spiro atoms. The molecule has 2 aromatic carbocycles. The Labute approximate surface area is 196 Å². The van der Waals surface area contributed by atoms with E-state index in [2.05, 4.69) is 53.6 Å². The van der Waals surface area contributed by atoms with E-state index in [0.29, 0.717) is 11.7 Å². The van der Waals surface area contributed by atoms with E-state index in [1.165, 1.54) is 21.8 Å². The van der Waals surface area contributed by atoms with Crippen LogP contribution in [0.25, 0.3) is 6.08 Å². The largest absolute Gasteiger partial charge is 0.493 e. The van der Waals surface area contributed by atoms with Crippen LogP contribution in [0, 0.1) is 18.3 Å². The summed E-state index contributed by atoms with van der Waals surface area (Å²) in [6, 6.07) is 17.7. The first-order valence-electron chi connectivity index (χ1n) is 10.2. The lowest BCUT2D eigenvalue weighted by Gasteiger charge is -2.07. The van der Waals surface area contributed by atoms with Gasteiger partial charge in [-0.2, -0.15) is 5.26 Å².